The van der Waals surface area contributed by atoms with E-state index in [4.69, 9.17) is 10.3 Å². The van der Waals surface area contributed by atoms with E-state index in [-0.39, 0.29) is 5.78 Å². The molecule has 0 amide bonds. The molecule has 1 aromatic carbocycles. The van der Waals surface area contributed by atoms with Gasteiger partial charge in [-0.05, 0) is 49.1 Å². The van der Waals surface area contributed by atoms with Gasteiger partial charge >= 0.3 is 0 Å². The van der Waals surface area contributed by atoms with Crippen LogP contribution in [0.1, 0.15) is 34.3 Å². The van der Waals surface area contributed by atoms with Gasteiger partial charge < -0.3 is 4.74 Å². The van der Waals surface area contributed by atoms with E-state index in [1.807, 2.05) is 26.0 Å². The molecule has 0 aliphatic heterocycles. The number of Topliss-reactive ketones (excluding diaryl/α,β-unsaturated/α-hetero) is 1. The van der Waals surface area contributed by atoms with Crippen molar-refractivity contribution in [1.82, 2.24) is 0 Å². The van der Waals surface area contributed by atoms with Crippen LogP contribution in [0, 0.1) is 13.8 Å². The average molecular weight is 247 g/mol. The van der Waals surface area contributed by atoms with Crippen molar-refractivity contribution in [3.05, 3.63) is 39.3 Å². The summed E-state index contributed by atoms with van der Waals surface area (Å²) in [6, 6.07) is 3.72. The van der Waals surface area contributed by atoms with E-state index in [1.165, 1.54) is 0 Å². The number of aryl methyl sites for hydroxylation is 2. The van der Waals surface area contributed by atoms with Crippen LogP contribution in [-0.2, 0) is 0 Å². The Bertz CT molecular complexity index is 491. The van der Waals surface area contributed by atoms with Crippen LogP contribution >= 0.6 is 0 Å². The summed E-state index contributed by atoms with van der Waals surface area (Å²) in [5.41, 5.74) is 10.7. The number of ketones is 1. The molecule has 1 rings (SSSR count). The number of methoxy groups -OCH3 is 1. The molecule has 0 spiro atoms. The number of carbonyl (C=O) groups is 1. The lowest BCUT2D eigenvalue weighted by Gasteiger charge is -2.10. The molecule has 0 bridgehead atoms. The predicted molar refractivity (Wildman–Crippen MR) is 70.0 cm³/mol. The fraction of sp³-hybridized carbons (Fsp3) is 0.462. The second-order valence-corrected chi connectivity index (χ2v) is 4.12. The third-order valence-corrected chi connectivity index (χ3v) is 2.77. The molecular formula is C13H17N3O2. The molecule has 0 N–H and O–H groups in total. The summed E-state index contributed by atoms with van der Waals surface area (Å²) in [5, 5.41) is 3.41. The Balaban J connectivity index is 2.79. The van der Waals surface area contributed by atoms with Crippen LogP contribution < -0.4 is 4.74 Å². The minimum absolute atomic E-state index is 0.0754. The van der Waals surface area contributed by atoms with Gasteiger partial charge in [0.1, 0.15) is 5.75 Å². The molecule has 0 unspecified atom stereocenters. The van der Waals surface area contributed by atoms with Gasteiger partial charge in [0, 0.05) is 23.4 Å². The molecule has 1 aromatic rings. The Hall–Kier alpha value is -2.00. The maximum atomic E-state index is 12.0. The molecular weight excluding hydrogens is 230 g/mol. The standard InChI is InChI=1S/C13H17N3O2/c1-9-8-13(18-3)10(2)7-11(9)12(17)5-4-6-15-16-14/h7-8H,4-6H2,1-3H3. The Morgan fingerprint density at radius 2 is 2.11 bits per heavy atom. The van der Waals surface area contributed by atoms with Gasteiger partial charge in [0.25, 0.3) is 0 Å². The number of azide groups is 1. The lowest BCUT2D eigenvalue weighted by molar-refractivity contribution is 0.0980. The van der Waals surface area contributed by atoms with Crippen molar-refractivity contribution in [2.24, 2.45) is 5.11 Å². The van der Waals surface area contributed by atoms with Crippen LogP contribution in [0.2, 0.25) is 0 Å². The van der Waals surface area contributed by atoms with Gasteiger partial charge in [0.2, 0.25) is 0 Å². The summed E-state index contributed by atoms with van der Waals surface area (Å²) in [5.74, 6) is 0.865. The Morgan fingerprint density at radius 1 is 1.39 bits per heavy atom. The largest absolute Gasteiger partial charge is 0.496 e. The number of benzene rings is 1. The summed E-state index contributed by atoms with van der Waals surface area (Å²) in [7, 11) is 1.61. The fourth-order valence-electron chi connectivity index (χ4n) is 1.80. The van der Waals surface area contributed by atoms with Gasteiger partial charge in [0.15, 0.2) is 5.78 Å². The third-order valence-electron chi connectivity index (χ3n) is 2.77. The van der Waals surface area contributed by atoms with Crippen molar-refractivity contribution < 1.29 is 9.53 Å². The second kappa shape index (κ2) is 6.67. The quantitative estimate of drug-likeness (QED) is 0.253. The number of rotatable bonds is 6. The molecule has 0 saturated heterocycles. The van der Waals surface area contributed by atoms with Crippen molar-refractivity contribution >= 4 is 5.78 Å². The summed E-state index contributed by atoms with van der Waals surface area (Å²) in [6.07, 6.45) is 0.971. The molecule has 0 saturated carbocycles. The minimum Gasteiger partial charge on any atom is -0.496 e. The van der Waals surface area contributed by atoms with E-state index in [0.717, 1.165) is 16.9 Å². The summed E-state index contributed by atoms with van der Waals surface area (Å²) < 4.78 is 5.21. The second-order valence-electron chi connectivity index (χ2n) is 4.12. The molecule has 0 aliphatic carbocycles. The molecule has 0 atom stereocenters. The van der Waals surface area contributed by atoms with Crippen LogP contribution in [-0.4, -0.2) is 19.4 Å². The van der Waals surface area contributed by atoms with Gasteiger partial charge in [-0.2, -0.15) is 0 Å². The van der Waals surface area contributed by atoms with Gasteiger partial charge in [0.05, 0.1) is 7.11 Å². The number of ether oxygens (including phenoxy) is 1. The molecule has 5 heteroatoms. The topological polar surface area (TPSA) is 75.1 Å². The van der Waals surface area contributed by atoms with E-state index in [0.29, 0.717) is 24.9 Å². The maximum absolute atomic E-state index is 12.0. The predicted octanol–water partition coefficient (Wildman–Crippen LogP) is 3.59. The minimum atomic E-state index is 0.0754. The first kappa shape index (κ1) is 14.1. The summed E-state index contributed by atoms with van der Waals surface area (Å²) in [6.45, 7) is 4.16. The Morgan fingerprint density at radius 3 is 2.72 bits per heavy atom. The van der Waals surface area contributed by atoms with Crippen molar-refractivity contribution in [2.45, 2.75) is 26.7 Å². The highest BCUT2D eigenvalue weighted by Crippen LogP contribution is 2.23. The summed E-state index contributed by atoms with van der Waals surface area (Å²) >= 11 is 0. The summed E-state index contributed by atoms with van der Waals surface area (Å²) in [4.78, 5) is 14.7. The van der Waals surface area contributed by atoms with E-state index in [1.54, 1.807) is 7.11 Å². The maximum Gasteiger partial charge on any atom is 0.163 e. The number of carbonyl (C=O) groups excluding carboxylic acids is 1. The molecule has 0 aliphatic rings. The Labute approximate surface area is 106 Å². The molecule has 18 heavy (non-hydrogen) atoms. The highest BCUT2D eigenvalue weighted by Gasteiger charge is 2.11. The van der Waals surface area contributed by atoms with Gasteiger partial charge in [-0.1, -0.05) is 5.11 Å². The number of hydrogen-bond donors (Lipinski definition) is 0. The van der Waals surface area contributed by atoms with Crippen molar-refractivity contribution in [2.75, 3.05) is 13.7 Å². The molecule has 5 nitrogen and oxygen atoms in total. The molecule has 0 aromatic heterocycles. The van der Waals surface area contributed by atoms with Crippen LogP contribution in [0.5, 0.6) is 5.75 Å². The molecule has 0 fully saturated rings. The molecule has 0 heterocycles. The van der Waals surface area contributed by atoms with Gasteiger partial charge in [-0.25, -0.2) is 0 Å². The zero-order valence-corrected chi connectivity index (χ0v) is 10.9. The molecule has 0 radical (unpaired) electrons. The first-order valence-corrected chi connectivity index (χ1v) is 5.79. The normalized spacial score (nSPS) is 9.72. The Kier molecular flexibility index (Phi) is 5.21. The SMILES string of the molecule is COc1cc(C)c(C(=O)CCCN=[N+]=[N-])cc1C. The smallest absolute Gasteiger partial charge is 0.163 e. The van der Waals surface area contributed by atoms with Crippen LogP contribution in [0.4, 0.5) is 0 Å². The first-order valence-electron chi connectivity index (χ1n) is 5.79. The lowest BCUT2D eigenvalue weighted by Crippen LogP contribution is -2.04. The zero-order valence-electron chi connectivity index (χ0n) is 10.9. The van der Waals surface area contributed by atoms with Crippen molar-refractivity contribution in [3.63, 3.8) is 0 Å². The van der Waals surface area contributed by atoms with E-state index < -0.39 is 0 Å². The van der Waals surface area contributed by atoms with Gasteiger partial charge in [-0.3, -0.25) is 4.79 Å². The average Bonchev–Trinajstić information content (AvgIpc) is 2.36. The lowest BCUT2D eigenvalue weighted by atomic mass is 9.98. The van der Waals surface area contributed by atoms with Gasteiger partial charge in [-0.15, -0.1) is 0 Å². The zero-order chi connectivity index (χ0) is 13.5. The van der Waals surface area contributed by atoms with Crippen LogP contribution in [0.15, 0.2) is 17.2 Å². The highest BCUT2D eigenvalue weighted by molar-refractivity contribution is 5.97. The van der Waals surface area contributed by atoms with Crippen LogP contribution in [0.3, 0.4) is 0 Å². The van der Waals surface area contributed by atoms with Crippen molar-refractivity contribution in [3.8, 4) is 5.75 Å². The molecule has 96 valence electrons. The monoisotopic (exact) mass is 247 g/mol. The van der Waals surface area contributed by atoms with E-state index >= 15 is 0 Å². The van der Waals surface area contributed by atoms with E-state index in [2.05, 4.69) is 10.0 Å². The van der Waals surface area contributed by atoms with Crippen molar-refractivity contribution in [1.29, 1.82) is 0 Å². The van der Waals surface area contributed by atoms with E-state index in [9.17, 15) is 4.79 Å². The third kappa shape index (κ3) is 3.50. The highest BCUT2D eigenvalue weighted by atomic mass is 16.5. The van der Waals surface area contributed by atoms with Crippen LogP contribution in [0.25, 0.3) is 10.4 Å². The number of nitrogens with zero attached hydrogens (tertiary/aromatic N) is 3. The fourth-order valence-corrected chi connectivity index (χ4v) is 1.80. The first-order chi connectivity index (χ1) is 8.60. The number of hydrogen-bond acceptors (Lipinski definition) is 3.